The number of hydrogen-bond acceptors (Lipinski definition) is 2. The van der Waals surface area contributed by atoms with E-state index in [0.717, 1.165) is 24.0 Å². The van der Waals surface area contributed by atoms with Crippen LogP contribution in [0.4, 0.5) is 0 Å². The SMILES string of the molecule is CCC(N)c1cccc(OC2CC(C)CC(C)C2)c1. The van der Waals surface area contributed by atoms with Crippen molar-refractivity contribution in [1.29, 1.82) is 0 Å². The summed E-state index contributed by atoms with van der Waals surface area (Å²) in [5, 5.41) is 0. The van der Waals surface area contributed by atoms with Crippen molar-refractivity contribution in [2.75, 3.05) is 0 Å². The summed E-state index contributed by atoms with van der Waals surface area (Å²) in [5.74, 6) is 2.53. The second kappa shape index (κ2) is 6.42. The molecule has 3 atom stereocenters. The Kier molecular flexibility index (Phi) is 4.87. The number of hydrogen-bond donors (Lipinski definition) is 1. The van der Waals surface area contributed by atoms with Gasteiger partial charge in [0.05, 0.1) is 6.10 Å². The van der Waals surface area contributed by atoms with Crippen molar-refractivity contribution in [2.45, 2.75) is 58.6 Å². The van der Waals surface area contributed by atoms with Crippen molar-refractivity contribution in [2.24, 2.45) is 17.6 Å². The lowest BCUT2D eigenvalue weighted by Crippen LogP contribution is -2.28. The van der Waals surface area contributed by atoms with E-state index in [-0.39, 0.29) is 6.04 Å². The number of nitrogens with two attached hydrogens (primary N) is 1. The average Bonchev–Trinajstić information content (AvgIpc) is 2.37. The molecule has 2 N–H and O–H groups in total. The van der Waals surface area contributed by atoms with Gasteiger partial charge in [0.25, 0.3) is 0 Å². The van der Waals surface area contributed by atoms with Crippen LogP contribution < -0.4 is 10.5 Å². The van der Waals surface area contributed by atoms with Crippen LogP contribution >= 0.6 is 0 Å². The Morgan fingerprint density at radius 1 is 1.21 bits per heavy atom. The minimum Gasteiger partial charge on any atom is -0.490 e. The van der Waals surface area contributed by atoms with Gasteiger partial charge in [-0.25, -0.2) is 0 Å². The van der Waals surface area contributed by atoms with Crippen LogP contribution in [0.25, 0.3) is 0 Å². The van der Waals surface area contributed by atoms with E-state index in [1.165, 1.54) is 24.8 Å². The molecule has 1 aromatic rings. The maximum absolute atomic E-state index is 6.18. The Morgan fingerprint density at radius 3 is 2.53 bits per heavy atom. The van der Waals surface area contributed by atoms with E-state index in [1.54, 1.807) is 0 Å². The van der Waals surface area contributed by atoms with Gasteiger partial charge in [-0.3, -0.25) is 0 Å². The van der Waals surface area contributed by atoms with Crippen LogP contribution in [0, 0.1) is 11.8 Å². The summed E-state index contributed by atoms with van der Waals surface area (Å²) in [7, 11) is 0. The molecule has 0 radical (unpaired) electrons. The molecule has 0 amide bonds. The molecule has 0 aromatic heterocycles. The average molecular weight is 261 g/mol. The third-order valence-electron chi connectivity index (χ3n) is 4.16. The molecule has 0 bridgehead atoms. The monoisotopic (exact) mass is 261 g/mol. The Balaban J connectivity index is 2.02. The van der Waals surface area contributed by atoms with E-state index >= 15 is 0 Å². The molecular formula is C17H27NO. The standard InChI is InChI=1S/C17H27NO/c1-4-17(18)14-6-5-7-15(11-14)19-16-9-12(2)8-13(3)10-16/h5-7,11-13,16-17H,4,8-10,18H2,1-3H3. The first-order valence-electron chi connectivity index (χ1n) is 7.60. The van der Waals surface area contributed by atoms with Crippen molar-refractivity contribution in [3.63, 3.8) is 0 Å². The normalized spacial score (nSPS) is 28.9. The maximum atomic E-state index is 6.18. The van der Waals surface area contributed by atoms with E-state index in [0.29, 0.717) is 6.10 Å². The summed E-state index contributed by atoms with van der Waals surface area (Å²) < 4.78 is 6.18. The van der Waals surface area contributed by atoms with Gasteiger partial charge in [0, 0.05) is 6.04 Å². The first-order chi connectivity index (χ1) is 9.08. The van der Waals surface area contributed by atoms with Gasteiger partial charge in [-0.2, -0.15) is 0 Å². The van der Waals surface area contributed by atoms with E-state index in [4.69, 9.17) is 10.5 Å². The molecule has 1 fully saturated rings. The van der Waals surface area contributed by atoms with Crippen molar-refractivity contribution < 1.29 is 4.74 Å². The first kappa shape index (κ1) is 14.4. The quantitative estimate of drug-likeness (QED) is 0.877. The van der Waals surface area contributed by atoms with Crippen LogP contribution in [0.2, 0.25) is 0 Å². The molecule has 1 aromatic carbocycles. The third kappa shape index (κ3) is 3.97. The summed E-state index contributed by atoms with van der Waals surface area (Å²) in [6.07, 6.45) is 5.01. The highest BCUT2D eigenvalue weighted by Crippen LogP contribution is 2.31. The zero-order valence-corrected chi connectivity index (χ0v) is 12.4. The predicted octanol–water partition coefficient (Wildman–Crippen LogP) is 4.30. The van der Waals surface area contributed by atoms with Crippen molar-refractivity contribution in [3.05, 3.63) is 29.8 Å². The number of ether oxygens (including phenoxy) is 1. The van der Waals surface area contributed by atoms with Gasteiger partial charge in [-0.1, -0.05) is 32.9 Å². The second-order valence-corrected chi connectivity index (χ2v) is 6.24. The Bertz CT molecular complexity index is 394. The third-order valence-corrected chi connectivity index (χ3v) is 4.16. The molecule has 0 heterocycles. The van der Waals surface area contributed by atoms with Gasteiger partial charge >= 0.3 is 0 Å². The van der Waals surface area contributed by atoms with Gasteiger partial charge in [0.15, 0.2) is 0 Å². The van der Waals surface area contributed by atoms with Crippen molar-refractivity contribution >= 4 is 0 Å². The van der Waals surface area contributed by atoms with Crippen molar-refractivity contribution in [1.82, 2.24) is 0 Å². The fourth-order valence-electron chi connectivity index (χ4n) is 3.22. The maximum Gasteiger partial charge on any atom is 0.120 e. The van der Waals surface area contributed by atoms with Crippen LogP contribution in [0.5, 0.6) is 5.75 Å². The zero-order valence-electron chi connectivity index (χ0n) is 12.4. The highest BCUT2D eigenvalue weighted by atomic mass is 16.5. The second-order valence-electron chi connectivity index (χ2n) is 6.24. The van der Waals surface area contributed by atoms with Gasteiger partial charge in [0.2, 0.25) is 0 Å². The van der Waals surface area contributed by atoms with Crippen LogP contribution in [-0.4, -0.2) is 6.10 Å². The molecule has 1 saturated carbocycles. The van der Waals surface area contributed by atoms with Gasteiger partial charge in [-0.05, 0) is 55.2 Å². The molecule has 19 heavy (non-hydrogen) atoms. The lowest BCUT2D eigenvalue weighted by Gasteiger charge is -2.31. The predicted molar refractivity (Wildman–Crippen MR) is 80.3 cm³/mol. The fourth-order valence-corrected chi connectivity index (χ4v) is 3.22. The van der Waals surface area contributed by atoms with Crippen molar-refractivity contribution in [3.8, 4) is 5.75 Å². The molecule has 1 aliphatic carbocycles. The topological polar surface area (TPSA) is 35.2 Å². The molecule has 2 nitrogen and oxygen atoms in total. The number of rotatable bonds is 4. The minimum atomic E-state index is 0.118. The molecule has 3 unspecified atom stereocenters. The van der Waals surface area contributed by atoms with Crippen LogP contribution in [0.3, 0.4) is 0 Å². The Hall–Kier alpha value is -1.02. The zero-order chi connectivity index (χ0) is 13.8. The van der Waals surface area contributed by atoms with E-state index in [1.807, 2.05) is 0 Å². The van der Waals surface area contributed by atoms with E-state index in [2.05, 4.69) is 45.0 Å². The summed E-state index contributed by atoms with van der Waals surface area (Å²) in [6, 6.07) is 8.42. The Labute approximate surface area is 117 Å². The molecule has 106 valence electrons. The fraction of sp³-hybridized carbons (Fsp3) is 0.647. The Morgan fingerprint density at radius 2 is 1.89 bits per heavy atom. The summed E-state index contributed by atoms with van der Waals surface area (Å²) in [6.45, 7) is 6.77. The molecule has 0 spiro atoms. The lowest BCUT2D eigenvalue weighted by molar-refractivity contribution is 0.101. The first-order valence-corrected chi connectivity index (χ1v) is 7.60. The minimum absolute atomic E-state index is 0.118. The number of benzene rings is 1. The molecule has 0 saturated heterocycles. The smallest absolute Gasteiger partial charge is 0.120 e. The van der Waals surface area contributed by atoms with E-state index < -0.39 is 0 Å². The highest BCUT2D eigenvalue weighted by molar-refractivity contribution is 5.30. The summed E-state index contributed by atoms with van der Waals surface area (Å²) in [4.78, 5) is 0. The largest absolute Gasteiger partial charge is 0.490 e. The van der Waals surface area contributed by atoms with Crippen LogP contribution in [0.1, 0.15) is 58.1 Å². The molecular weight excluding hydrogens is 234 g/mol. The molecule has 1 aliphatic rings. The molecule has 2 heteroatoms. The summed E-state index contributed by atoms with van der Waals surface area (Å²) in [5.41, 5.74) is 7.26. The molecule has 0 aliphatic heterocycles. The van der Waals surface area contributed by atoms with Crippen LogP contribution in [-0.2, 0) is 0 Å². The summed E-state index contributed by atoms with van der Waals surface area (Å²) >= 11 is 0. The van der Waals surface area contributed by atoms with Gasteiger partial charge in [-0.15, -0.1) is 0 Å². The lowest BCUT2D eigenvalue weighted by atomic mass is 9.82. The van der Waals surface area contributed by atoms with Gasteiger partial charge < -0.3 is 10.5 Å². The van der Waals surface area contributed by atoms with Crippen LogP contribution in [0.15, 0.2) is 24.3 Å². The highest BCUT2D eigenvalue weighted by Gasteiger charge is 2.25. The van der Waals surface area contributed by atoms with E-state index in [9.17, 15) is 0 Å². The molecule has 2 rings (SSSR count). The van der Waals surface area contributed by atoms with Gasteiger partial charge in [0.1, 0.15) is 5.75 Å².